The van der Waals surface area contributed by atoms with Crippen molar-refractivity contribution in [3.63, 3.8) is 0 Å². The van der Waals surface area contributed by atoms with Crippen LogP contribution in [0.5, 0.6) is 0 Å². The Hall–Kier alpha value is -0.890. The molecule has 0 fully saturated rings. The predicted molar refractivity (Wildman–Crippen MR) is 63.7 cm³/mol. The zero-order chi connectivity index (χ0) is 10.3. The van der Waals surface area contributed by atoms with Gasteiger partial charge in [0.15, 0.2) is 0 Å². The minimum atomic E-state index is 1.05. The number of aromatic nitrogens is 1. The molecule has 14 heavy (non-hydrogen) atoms. The third-order valence-electron chi connectivity index (χ3n) is 2.33. The molecule has 1 heterocycles. The largest absolute Gasteiger partial charge is 0.253 e. The number of rotatable bonds is 0. The average Bonchev–Trinajstić information content (AvgIpc) is 1.99. The van der Waals surface area contributed by atoms with Gasteiger partial charge in [-0.25, -0.2) is 0 Å². The number of nitrogens with zero attached hydrogens (tertiary/aromatic N) is 1. The van der Waals surface area contributed by atoms with Gasteiger partial charge in [-0.15, -0.1) is 0 Å². The quantitative estimate of drug-likeness (QED) is 0.690. The second-order valence-electron chi connectivity index (χ2n) is 3.72. The zero-order valence-electron chi connectivity index (χ0n) is 8.56. The Bertz CT molecular complexity index is 460. The number of hydrogen-bond acceptors (Lipinski definition) is 1. The normalized spacial score (nSPS) is 10.9. The van der Waals surface area contributed by atoms with Crippen molar-refractivity contribution in [2.75, 3.05) is 0 Å². The van der Waals surface area contributed by atoms with E-state index in [9.17, 15) is 0 Å². The lowest BCUT2D eigenvalue weighted by Gasteiger charge is -2.06. The van der Waals surface area contributed by atoms with Crippen LogP contribution in [0.1, 0.15) is 16.8 Å². The van der Waals surface area contributed by atoms with E-state index in [2.05, 4.69) is 53.0 Å². The number of benzene rings is 1. The molecule has 0 radical (unpaired) electrons. The standard InChI is InChI=1S/C12H12BrN/c1-7-4-8(2)12-10(13)6-9(3)14-11(12)5-7/h4-6H,1-3H3. The fourth-order valence-corrected chi connectivity index (χ4v) is 2.67. The summed E-state index contributed by atoms with van der Waals surface area (Å²) in [6.45, 7) is 6.24. The first-order valence-corrected chi connectivity index (χ1v) is 5.41. The Labute approximate surface area is 92.3 Å². The maximum absolute atomic E-state index is 4.53. The Morgan fingerprint density at radius 2 is 1.79 bits per heavy atom. The van der Waals surface area contributed by atoms with E-state index in [0.717, 1.165) is 15.7 Å². The van der Waals surface area contributed by atoms with Gasteiger partial charge in [0.2, 0.25) is 0 Å². The molecule has 0 aliphatic carbocycles. The summed E-state index contributed by atoms with van der Waals surface area (Å²) in [7, 11) is 0. The smallest absolute Gasteiger partial charge is 0.0721 e. The maximum atomic E-state index is 4.53. The lowest BCUT2D eigenvalue weighted by molar-refractivity contribution is 1.24. The van der Waals surface area contributed by atoms with Gasteiger partial charge in [0.1, 0.15) is 0 Å². The molecule has 2 heteroatoms. The molecule has 1 aromatic carbocycles. The Kier molecular flexibility index (Phi) is 2.31. The lowest BCUT2D eigenvalue weighted by Crippen LogP contribution is -1.89. The Balaban J connectivity index is 2.94. The minimum absolute atomic E-state index is 1.05. The molecule has 0 spiro atoms. The van der Waals surface area contributed by atoms with Crippen LogP contribution >= 0.6 is 15.9 Å². The number of halogens is 1. The van der Waals surface area contributed by atoms with E-state index in [4.69, 9.17) is 0 Å². The molecule has 0 bridgehead atoms. The molecule has 2 rings (SSSR count). The van der Waals surface area contributed by atoms with E-state index in [1.54, 1.807) is 0 Å². The molecule has 0 N–H and O–H groups in total. The van der Waals surface area contributed by atoms with E-state index < -0.39 is 0 Å². The summed E-state index contributed by atoms with van der Waals surface area (Å²) >= 11 is 3.58. The molecule has 1 aromatic heterocycles. The van der Waals surface area contributed by atoms with E-state index in [1.165, 1.54) is 16.5 Å². The van der Waals surface area contributed by atoms with Crippen molar-refractivity contribution in [1.29, 1.82) is 0 Å². The lowest BCUT2D eigenvalue weighted by atomic mass is 10.1. The van der Waals surface area contributed by atoms with Crippen molar-refractivity contribution in [3.05, 3.63) is 39.5 Å². The van der Waals surface area contributed by atoms with Gasteiger partial charge < -0.3 is 0 Å². The van der Waals surface area contributed by atoms with Gasteiger partial charge in [0, 0.05) is 15.6 Å². The van der Waals surface area contributed by atoms with Gasteiger partial charge in [0.25, 0.3) is 0 Å². The van der Waals surface area contributed by atoms with Crippen LogP contribution in [0.15, 0.2) is 22.7 Å². The maximum Gasteiger partial charge on any atom is 0.0721 e. The fourth-order valence-electron chi connectivity index (χ4n) is 1.82. The summed E-state index contributed by atoms with van der Waals surface area (Å²) in [5, 5.41) is 1.22. The van der Waals surface area contributed by atoms with Gasteiger partial charge in [-0.05, 0) is 44.0 Å². The molecule has 72 valence electrons. The van der Waals surface area contributed by atoms with Crippen molar-refractivity contribution in [2.24, 2.45) is 0 Å². The fraction of sp³-hybridized carbons (Fsp3) is 0.250. The van der Waals surface area contributed by atoms with Crippen molar-refractivity contribution < 1.29 is 0 Å². The second kappa shape index (κ2) is 3.35. The van der Waals surface area contributed by atoms with Gasteiger partial charge in [0.05, 0.1) is 5.52 Å². The first-order chi connectivity index (χ1) is 6.58. The summed E-state index contributed by atoms with van der Waals surface area (Å²) in [6.07, 6.45) is 0. The van der Waals surface area contributed by atoms with Crippen LogP contribution in [0.2, 0.25) is 0 Å². The number of aryl methyl sites for hydroxylation is 3. The summed E-state index contributed by atoms with van der Waals surface area (Å²) < 4.78 is 1.14. The minimum Gasteiger partial charge on any atom is -0.253 e. The molecule has 0 aliphatic rings. The molecule has 0 saturated carbocycles. The molecule has 2 aromatic rings. The first kappa shape index (κ1) is 9.66. The Morgan fingerprint density at radius 3 is 2.50 bits per heavy atom. The molecule has 0 amide bonds. The van der Waals surface area contributed by atoms with E-state index in [-0.39, 0.29) is 0 Å². The van der Waals surface area contributed by atoms with Crippen molar-refractivity contribution in [3.8, 4) is 0 Å². The van der Waals surface area contributed by atoms with Crippen LogP contribution in [0.3, 0.4) is 0 Å². The van der Waals surface area contributed by atoms with Gasteiger partial charge in [-0.3, -0.25) is 4.98 Å². The van der Waals surface area contributed by atoms with Crippen LogP contribution in [0, 0.1) is 20.8 Å². The topological polar surface area (TPSA) is 12.9 Å². The Morgan fingerprint density at radius 1 is 1.07 bits per heavy atom. The van der Waals surface area contributed by atoms with Gasteiger partial charge >= 0.3 is 0 Å². The van der Waals surface area contributed by atoms with Crippen LogP contribution in [0.25, 0.3) is 10.9 Å². The monoisotopic (exact) mass is 249 g/mol. The molecule has 0 unspecified atom stereocenters. The highest BCUT2D eigenvalue weighted by atomic mass is 79.9. The summed E-state index contributed by atoms with van der Waals surface area (Å²) in [4.78, 5) is 4.53. The van der Waals surface area contributed by atoms with Gasteiger partial charge in [-0.2, -0.15) is 0 Å². The molecular formula is C12H12BrN. The van der Waals surface area contributed by atoms with E-state index >= 15 is 0 Å². The number of fused-ring (bicyclic) bond motifs is 1. The van der Waals surface area contributed by atoms with Crippen LogP contribution in [0.4, 0.5) is 0 Å². The summed E-state index contributed by atoms with van der Waals surface area (Å²) in [6, 6.07) is 6.37. The number of hydrogen-bond donors (Lipinski definition) is 0. The average molecular weight is 250 g/mol. The highest BCUT2D eigenvalue weighted by Crippen LogP contribution is 2.27. The molecular weight excluding hydrogens is 238 g/mol. The second-order valence-corrected chi connectivity index (χ2v) is 4.58. The third kappa shape index (κ3) is 1.55. The highest BCUT2D eigenvalue weighted by molar-refractivity contribution is 9.10. The van der Waals surface area contributed by atoms with Crippen molar-refractivity contribution >= 4 is 26.8 Å². The molecule has 0 aliphatic heterocycles. The van der Waals surface area contributed by atoms with Crippen LogP contribution in [-0.4, -0.2) is 4.98 Å². The van der Waals surface area contributed by atoms with Crippen molar-refractivity contribution in [2.45, 2.75) is 20.8 Å². The van der Waals surface area contributed by atoms with Gasteiger partial charge in [-0.1, -0.05) is 22.0 Å². The summed E-state index contributed by atoms with van der Waals surface area (Å²) in [5.74, 6) is 0. The van der Waals surface area contributed by atoms with E-state index in [1.807, 2.05) is 6.92 Å². The van der Waals surface area contributed by atoms with E-state index in [0.29, 0.717) is 0 Å². The number of pyridine rings is 1. The first-order valence-electron chi connectivity index (χ1n) is 4.62. The van der Waals surface area contributed by atoms with Crippen molar-refractivity contribution in [1.82, 2.24) is 4.98 Å². The molecule has 1 nitrogen and oxygen atoms in total. The van der Waals surface area contributed by atoms with Crippen LogP contribution < -0.4 is 0 Å². The highest BCUT2D eigenvalue weighted by Gasteiger charge is 2.04. The molecule has 0 saturated heterocycles. The zero-order valence-corrected chi connectivity index (χ0v) is 10.1. The molecule has 0 atom stereocenters. The third-order valence-corrected chi connectivity index (χ3v) is 2.96. The van der Waals surface area contributed by atoms with Crippen LogP contribution in [-0.2, 0) is 0 Å². The predicted octanol–water partition coefficient (Wildman–Crippen LogP) is 3.92. The summed E-state index contributed by atoms with van der Waals surface area (Å²) in [5.41, 5.74) is 4.67. The SMILES string of the molecule is Cc1cc(C)c2c(Br)cc(C)nc2c1.